The van der Waals surface area contributed by atoms with Crippen molar-refractivity contribution in [1.82, 2.24) is 5.32 Å². The molecule has 2 N–H and O–H groups in total. The summed E-state index contributed by atoms with van der Waals surface area (Å²) in [4.78, 5) is 9.92. The van der Waals surface area contributed by atoms with Gasteiger partial charge in [-0.25, -0.2) is 0 Å². The molecule has 0 rings (SSSR count). The predicted octanol–water partition coefficient (Wildman–Crippen LogP) is 0.273. The maximum absolute atomic E-state index is 9.92. The van der Waals surface area contributed by atoms with Gasteiger partial charge in [0, 0.05) is 12.6 Å². The van der Waals surface area contributed by atoms with E-state index in [0.717, 1.165) is 0 Å². The smallest absolute Gasteiger partial charge is 0.304 e. The zero-order valence-corrected chi connectivity index (χ0v) is 5.55. The number of hydrogen-bond acceptors (Lipinski definition) is 2. The number of aliphatic carboxylic acids is 1. The molecule has 0 aliphatic carbocycles. The van der Waals surface area contributed by atoms with E-state index in [9.17, 15) is 4.79 Å². The fraction of sp³-hybridized carbons (Fsp3) is 0.667. The maximum atomic E-state index is 9.92. The second-order valence-corrected chi connectivity index (χ2v) is 2.00. The highest BCUT2D eigenvalue weighted by Gasteiger charge is 1.95. The van der Waals surface area contributed by atoms with Gasteiger partial charge in [0.2, 0.25) is 0 Å². The molecule has 0 saturated heterocycles. The van der Waals surface area contributed by atoms with Gasteiger partial charge in [0.25, 0.3) is 0 Å². The van der Waals surface area contributed by atoms with Crippen molar-refractivity contribution in [3.8, 4) is 0 Å². The van der Waals surface area contributed by atoms with Gasteiger partial charge in [-0.1, -0.05) is 0 Å². The molecule has 53 valence electrons. The molecule has 0 aliphatic heterocycles. The van der Waals surface area contributed by atoms with E-state index < -0.39 is 5.97 Å². The summed E-state index contributed by atoms with van der Waals surface area (Å²) in [6.45, 7) is 6.01. The minimum atomic E-state index is -0.775. The van der Waals surface area contributed by atoms with Crippen molar-refractivity contribution in [3.63, 3.8) is 0 Å². The van der Waals surface area contributed by atoms with Gasteiger partial charge in [-0.2, -0.15) is 0 Å². The number of nitrogens with one attached hydrogen (secondary N) is 1. The highest BCUT2D eigenvalue weighted by atomic mass is 16.4. The Bertz CT molecular complexity index is 91.1. The van der Waals surface area contributed by atoms with Gasteiger partial charge in [-0.15, -0.1) is 0 Å². The lowest BCUT2D eigenvalue weighted by Gasteiger charge is -2.03. The van der Waals surface area contributed by atoms with E-state index in [1.54, 1.807) is 0 Å². The first-order valence-corrected chi connectivity index (χ1v) is 2.91. The summed E-state index contributed by atoms with van der Waals surface area (Å²) < 4.78 is 0. The second-order valence-electron chi connectivity index (χ2n) is 2.00. The molecule has 0 amide bonds. The monoisotopic (exact) mass is 130 g/mol. The number of carboxylic acids is 1. The van der Waals surface area contributed by atoms with Crippen LogP contribution in [0.3, 0.4) is 0 Å². The first-order valence-electron chi connectivity index (χ1n) is 2.91. The first-order chi connectivity index (χ1) is 4.13. The molecule has 1 radical (unpaired) electrons. The van der Waals surface area contributed by atoms with E-state index in [2.05, 4.69) is 12.2 Å². The molecule has 9 heavy (non-hydrogen) atoms. The summed E-state index contributed by atoms with van der Waals surface area (Å²) in [5, 5.41) is 11.1. The zero-order valence-electron chi connectivity index (χ0n) is 5.55. The number of rotatable bonds is 4. The Kier molecular flexibility index (Phi) is 4.05. The zero-order chi connectivity index (χ0) is 7.28. The van der Waals surface area contributed by atoms with Crippen LogP contribution < -0.4 is 5.32 Å². The van der Waals surface area contributed by atoms with Gasteiger partial charge >= 0.3 is 5.97 Å². The van der Waals surface area contributed by atoms with E-state index in [4.69, 9.17) is 5.11 Å². The molecule has 0 fully saturated rings. The molecule has 0 aliphatic rings. The van der Waals surface area contributed by atoms with Crippen LogP contribution in [0, 0.1) is 6.92 Å². The van der Waals surface area contributed by atoms with Gasteiger partial charge in [0.1, 0.15) is 0 Å². The summed E-state index contributed by atoms with van der Waals surface area (Å²) in [6.07, 6.45) is 0.167. The topological polar surface area (TPSA) is 49.3 Å². The van der Waals surface area contributed by atoms with Gasteiger partial charge in [0.05, 0.1) is 6.42 Å². The summed E-state index contributed by atoms with van der Waals surface area (Å²) in [5.74, 6) is -0.775. The highest BCUT2D eigenvalue weighted by molar-refractivity contribution is 5.66. The van der Waals surface area contributed by atoms with Gasteiger partial charge < -0.3 is 10.4 Å². The molecular formula is C6H12NO2. The SMILES string of the molecule is [CH2]C(C)NCCC(=O)O. The van der Waals surface area contributed by atoms with Crippen molar-refractivity contribution in [2.24, 2.45) is 0 Å². The van der Waals surface area contributed by atoms with Crippen LogP contribution >= 0.6 is 0 Å². The van der Waals surface area contributed by atoms with Crippen LogP contribution in [-0.4, -0.2) is 23.7 Å². The van der Waals surface area contributed by atoms with Crippen molar-refractivity contribution in [1.29, 1.82) is 0 Å². The van der Waals surface area contributed by atoms with Crippen LogP contribution in [0.25, 0.3) is 0 Å². The third kappa shape index (κ3) is 7.43. The largest absolute Gasteiger partial charge is 0.481 e. The number of carbonyl (C=O) groups is 1. The Labute approximate surface area is 55.1 Å². The molecule has 0 spiro atoms. The maximum Gasteiger partial charge on any atom is 0.304 e. The van der Waals surface area contributed by atoms with Crippen LogP contribution in [0.2, 0.25) is 0 Å². The summed E-state index contributed by atoms with van der Waals surface area (Å²) in [6, 6.07) is 0.129. The second kappa shape index (κ2) is 4.32. The van der Waals surface area contributed by atoms with E-state index in [1.807, 2.05) is 6.92 Å². The lowest BCUT2D eigenvalue weighted by Crippen LogP contribution is -2.25. The third-order valence-corrected chi connectivity index (χ3v) is 0.832. The minimum absolute atomic E-state index is 0.129. The molecule has 0 saturated carbocycles. The molecule has 0 bridgehead atoms. The van der Waals surface area contributed by atoms with Crippen LogP contribution in [-0.2, 0) is 4.79 Å². The summed E-state index contributed by atoms with van der Waals surface area (Å²) in [7, 11) is 0. The average Bonchev–Trinajstić information content (AvgIpc) is 1.63. The number of hydrogen-bond donors (Lipinski definition) is 2. The Morgan fingerprint density at radius 3 is 2.78 bits per heavy atom. The van der Waals surface area contributed by atoms with E-state index in [-0.39, 0.29) is 12.5 Å². The lowest BCUT2D eigenvalue weighted by molar-refractivity contribution is -0.136. The molecular weight excluding hydrogens is 118 g/mol. The van der Waals surface area contributed by atoms with Crippen LogP contribution in [0.4, 0.5) is 0 Å². The van der Waals surface area contributed by atoms with Crippen molar-refractivity contribution < 1.29 is 9.90 Å². The molecule has 0 aromatic carbocycles. The average molecular weight is 130 g/mol. The molecule has 1 unspecified atom stereocenters. The van der Waals surface area contributed by atoms with E-state index in [1.165, 1.54) is 0 Å². The van der Waals surface area contributed by atoms with Gasteiger partial charge in [-0.3, -0.25) is 4.79 Å². The van der Waals surface area contributed by atoms with Crippen molar-refractivity contribution >= 4 is 5.97 Å². The molecule has 3 heteroatoms. The normalized spacial score (nSPS) is 10.1. The standard InChI is InChI=1S/C6H12NO2/c1-5(2)7-4-3-6(8)9/h5,7H,1,3-4H2,2H3,(H,8,9). The quantitative estimate of drug-likeness (QED) is 0.574. The molecule has 0 heterocycles. The summed E-state index contributed by atoms with van der Waals surface area (Å²) >= 11 is 0. The first kappa shape index (κ1) is 8.43. The van der Waals surface area contributed by atoms with Gasteiger partial charge in [0.15, 0.2) is 0 Å². The Morgan fingerprint density at radius 2 is 2.44 bits per heavy atom. The van der Waals surface area contributed by atoms with Crippen LogP contribution in [0.15, 0.2) is 0 Å². The van der Waals surface area contributed by atoms with Crippen LogP contribution in [0.1, 0.15) is 13.3 Å². The Morgan fingerprint density at radius 1 is 1.89 bits per heavy atom. The Hall–Kier alpha value is -0.570. The number of carboxylic acid groups (broad SMARTS) is 1. The van der Waals surface area contributed by atoms with Crippen molar-refractivity contribution in [2.75, 3.05) is 6.54 Å². The fourth-order valence-corrected chi connectivity index (χ4v) is 0.426. The van der Waals surface area contributed by atoms with E-state index in [0.29, 0.717) is 6.54 Å². The predicted molar refractivity (Wildman–Crippen MR) is 35.1 cm³/mol. The molecule has 3 nitrogen and oxygen atoms in total. The third-order valence-electron chi connectivity index (χ3n) is 0.832. The van der Waals surface area contributed by atoms with Crippen molar-refractivity contribution in [2.45, 2.75) is 19.4 Å². The van der Waals surface area contributed by atoms with Gasteiger partial charge in [-0.05, 0) is 13.8 Å². The van der Waals surface area contributed by atoms with Crippen LogP contribution in [0.5, 0.6) is 0 Å². The molecule has 1 atom stereocenters. The van der Waals surface area contributed by atoms with E-state index >= 15 is 0 Å². The fourth-order valence-electron chi connectivity index (χ4n) is 0.426. The molecule has 0 aromatic heterocycles. The molecule has 0 aromatic rings. The van der Waals surface area contributed by atoms with Crippen molar-refractivity contribution in [3.05, 3.63) is 6.92 Å². The highest BCUT2D eigenvalue weighted by Crippen LogP contribution is 1.78. The summed E-state index contributed by atoms with van der Waals surface area (Å²) in [5.41, 5.74) is 0. The minimum Gasteiger partial charge on any atom is -0.481 e. The lowest BCUT2D eigenvalue weighted by atomic mass is 10.3. The Balaban J connectivity index is 3.01.